The third kappa shape index (κ3) is 12.5. The van der Waals surface area contributed by atoms with E-state index in [1.165, 1.54) is 70.3 Å². The molecule has 0 bridgehead atoms. The van der Waals surface area contributed by atoms with Crippen molar-refractivity contribution in [1.29, 1.82) is 0 Å². The number of rotatable bonds is 16. The van der Waals surface area contributed by atoms with Gasteiger partial charge in [0.25, 0.3) is 0 Å². The van der Waals surface area contributed by atoms with Gasteiger partial charge in [-0.15, -0.1) is 0 Å². The van der Waals surface area contributed by atoms with Crippen molar-refractivity contribution in [2.45, 2.75) is 77.0 Å². The van der Waals surface area contributed by atoms with E-state index in [0.29, 0.717) is 6.61 Å². The first-order valence-corrected chi connectivity index (χ1v) is 9.76. The van der Waals surface area contributed by atoms with E-state index in [9.17, 15) is 4.39 Å². The molecule has 0 saturated carbocycles. The van der Waals surface area contributed by atoms with Gasteiger partial charge in [0.2, 0.25) is 0 Å². The van der Waals surface area contributed by atoms with Gasteiger partial charge in [-0.3, -0.25) is 0 Å². The van der Waals surface area contributed by atoms with Crippen LogP contribution in [0.5, 0.6) is 0 Å². The van der Waals surface area contributed by atoms with Gasteiger partial charge in [0, 0.05) is 6.61 Å². The van der Waals surface area contributed by atoms with Crippen molar-refractivity contribution in [3.8, 4) is 0 Å². The zero-order valence-electron chi connectivity index (χ0n) is 15.1. The molecule has 0 fully saturated rings. The van der Waals surface area contributed by atoms with Crippen molar-refractivity contribution in [3.63, 3.8) is 0 Å². The van der Waals surface area contributed by atoms with Gasteiger partial charge in [0.15, 0.2) is 0 Å². The Hall–Kier alpha value is -0.930. The monoisotopic (exact) mass is 338 g/mol. The van der Waals surface area contributed by atoms with Gasteiger partial charge in [-0.05, 0) is 37.0 Å². The summed E-state index contributed by atoms with van der Waals surface area (Å²) in [5.74, 6) is -0.120. The number of aliphatic hydroxyl groups is 1. The molecule has 1 N–H and O–H groups in total. The first-order valence-electron chi connectivity index (χ1n) is 9.76. The van der Waals surface area contributed by atoms with Gasteiger partial charge in [0.1, 0.15) is 5.82 Å². The Morgan fingerprint density at radius 1 is 0.750 bits per heavy atom. The molecule has 1 aromatic rings. The molecular formula is C21H35FO2. The minimum absolute atomic E-state index is 0.120. The van der Waals surface area contributed by atoms with Crippen molar-refractivity contribution < 1.29 is 14.2 Å². The maximum Gasteiger partial charge on any atom is 0.123 e. The topological polar surface area (TPSA) is 29.5 Å². The van der Waals surface area contributed by atoms with Crippen molar-refractivity contribution >= 4 is 0 Å². The number of ether oxygens (including phenoxy) is 1. The molecule has 1 aromatic carbocycles. The van der Waals surface area contributed by atoms with Crippen LogP contribution in [0.2, 0.25) is 0 Å². The molecule has 0 spiro atoms. The van der Waals surface area contributed by atoms with Crippen LogP contribution in [-0.2, 0) is 11.2 Å². The van der Waals surface area contributed by atoms with Crippen LogP contribution in [0.15, 0.2) is 24.3 Å². The van der Waals surface area contributed by atoms with Crippen LogP contribution < -0.4 is 0 Å². The van der Waals surface area contributed by atoms with E-state index in [1.54, 1.807) is 12.1 Å². The summed E-state index contributed by atoms with van der Waals surface area (Å²) >= 11 is 0. The highest BCUT2D eigenvalue weighted by Gasteiger charge is 1.97. The van der Waals surface area contributed by atoms with E-state index in [-0.39, 0.29) is 12.4 Å². The van der Waals surface area contributed by atoms with Crippen LogP contribution in [0.3, 0.4) is 0 Å². The minimum Gasteiger partial charge on any atom is -0.394 e. The second-order valence-electron chi connectivity index (χ2n) is 6.60. The third-order valence-electron chi connectivity index (χ3n) is 4.38. The molecule has 0 unspecified atom stereocenters. The van der Waals surface area contributed by atoms with Gasteiger partial charge in [-0.2, -0.15) is 0 Å². The van der Waals surface area contributed by atoms with Crippen LogP contribution in [0, 0.1) is 5.82 Å². The van der Waals surface area contributed by atoms with Gasteiger partial charge in [0.05, 0.1) is 13.2 Å². The molecule has 0 aliphatic heterocycles. The molecule has 0 aromatic heterocycles. The maximum atomic E-state index is 13.0. The lowest BCUT2D eigenvalue weighted by Gasteiger charge is -2.04. The molecule has 0 saturated heterocycles. The minimum atomic E-state index is -0.120. The van der Waals surface area contributed by atoms with Crippen molar-refractivity contribution in [2.24, 2.45) is 0 Å². The van der Waals surface area contributed by atoms with E-state index in [4.69, 9.17) is 9.84 Å². The first-order chi connectivity index (χ1) is 11.8. The number of hydrogen-bond acceptors (Lipinski definition) is 2. The highest BCUT2D eigenvalue weighted by Crippen LogP contribution is 2.13. The van der Waals surface area contributed by atoms with Crippen molar-refractivity contribution in [1.82, 2.24) is 0 Å². The fourth-order valence-corrected chi connectivity index (χ4v) is 2.98. The van der Waals surface area contributed by atoms with E-state index < -0.39 is 0 Å². The number of benzene rings is 1. The molecule has 0 atom stereocenters. The Balaban J connectivity index is 1.76. The number of halogens is 1. The Bertz CT molecular complexity index is 395. The number of aryl methyl sites for hydroxylation is 1. The normalized spacial score (nSPS) is 11.1. The quantitative estimate of drug-likeness (QED) is 0.394. The standard InChI is InChI=1S/C21H35FO2/c22-21-15-12-14-20(19-21)13-10-8-6-4-2-1-3-5-7-9-11-17-24-18-16-23/h12,14-15,19,23H,1-11,13,16-18H2. The maximum absolute atomic E-state index is 13.0. The highest BCUT2D eigenvalue weighted by atomic mass is 19.1. The van der Waals surface area contributed by atoms with Gasteiger partial charge in [-0.25, -0.2) is 4.39 Å². The Morgan fingerprint density at radius 2 is 1.33 bits per heavy atom. The largest absolute Gasteiger partial charge is 0.394 e. The van der Waals surface area contributed by atoms with E-state index in [2.05, 4.69) is 0 Å². The summed E-state index contributed by atoms with van der Waals surface area (Å²) in [7, 11) is 0. The van der Waals surface area contributed by atoms with E-state index in [0.717, 1.165) is 25.0 Å². The summed E-state index contributed by atoms with van der Waals surface area (Å²) < 4.78 is 18.3. The van der Waals surface area contributed by atoms with E-state index >= 15 is 0 Å². The molecule has 0 radical (unpaired) electrons. The summed E-state index contributed by atoms with van der Waals surface area (Å²) in [6.07, 6.45) is 15.1. The Labute approximate surface area is 147 Å². The summed E-state index contributed by atoms with van der Waals surface area (Å²) in [6.45, 7) is 1.39. The number of aliphatic hydroxyl groups excluding tert-OH is 1. The lowest BCUT2D eigenvalue weighted by Crippen LogP contribution is -2.00. The first kappa shape index (κ1) is 21.1. The molecule has 2 nitrogen and oxygen atoms in total. The smallest absolute Gasteiger partial charge is 0.123 e. The highest BCUT2D eigenvalue weighted by molar-refractivity contribution is 5.16. The molecule has 1 rings (SSSR count). The molecule has 0 aliphatic rings. The van der Waals surface area contributed by atoms with Crippen LogP contribution in [0.4, 0.5) is 4.39 Å². The van der Waals surface area contributed by atoms with Crippen molar-refractivity contribution in [2.75, 3.05) is 19.8 Å². The van der Waals surface area contributed by atoms with Crippen molar-refractivity contribution in [3.05, 3.63) is 35.6 Å². The van der Waals surface area contributed by atoms with Gasteiger partial charge in [-0.1, -0.05) is 69.9 Å². The third-order valence-corrected chi connectivity index (χ3v) is 4.38. The second-order valence-corrected chi connectivity index (χ2v) is 6.60. The zero-order valence-corrected chi connectivity index (χ0v) is 15.1. The molecular weight excluding hydrogens is 303 g/mol. The second kappa shape index (κ2) is 15.6. The fourth-order valence-electron chi connectivity index (χ4n) is 2.98. The van der Waals surface area contributed by atoms with E-state index in [1.807, 2.05) is 6.07 Å². The zero-order chi connectivity index (χ0) is 17.3. The molecule has 0 aliphatic carbocycles. The van der Waals surface area contributed by atoms with Crippen LogP contribution in [0.25, 0.3) is 0 Å². The molecule has 3 heteroatoms. The average molecular weight is 339 g/mol. The summed E-state index contributed by atoms with van der Waals surface area (Å²) in [5.41, 5.74) is 1.12. The lowest BCUT2D eigenvalue weighted by atomic mass is 10.0. The molecule has 138 valence electrons. The SMILES string of the molecule is OCCOCCCCCCCCCCCCCc1cccc(F)c1. The summed E-state index contributed by atoms with van der Waals surface area (Å²) in [6, 6.07) is 6.97. The Kier molecular flexibility index (Phi) is 13.7. The molecule has 0 amide bonds. The Morgan fingerprint density at radius 3 is 1.92 bits per heavy atom. The fraction of sp³-hybridized carbons (Fsp3) is 0.714. The van der Waals surface area contributed by atoms with Gasteiger partial charge >= 0.3 is 0 Å². The molecule has 24 heavy (non-hydrogen) atoms. The lowest BCUT2D eigenvalue weighted by molar-refractivity contribution is 0.0895. The van der Waals surface area contributed by atoms with Crippen LogP contribution in [0.1, 0.15) is 76.2 Å². The molecule has 0 heterocycles. The predicted octanol–water partition coefficient (Wildman–Crippen LogP) is 5.67. The average Bonchev–Trinajstić information content (AvgIpc) is 2.58. The summed E-state index contributed by atoms with van der Waals surface area (Å²) in [4.78, 5) is 0. The summed E-state index contributed by atoms with van der Waals surface area (Å²) in [5, 5.41) is 8.58. The predicted molar refractivity (Wildman–Crippen MR) is 98.8 cm³/mol. The number of hydrogen-bond donors (Lipinski definition) is 1. The van der Waals surface area contributed by atoms with Crippen LogP contribution in [-0.4, -0.2) is 24.9 Å². The number of unbranched alkanes of at least 4 members (excludes halogenated alkanes) is 10. The van der Waals surface area contributed by atoms with Gasteiger partial charge < -0.3 is 9.84 Å². The van der Waals surface area contributed by atoms with Crippen LogP contribution >= 0.6 is 0 Å².